The summed E-state index contributed by atoms with van der Waals surface area (Å²) < 4.78 is 39.1. The van der Waals surface area contributed by atoms with Crippen molar-refractivity contribution in [2.45, 2.75) is 30.6 Å². The largest absolute Gasteiger partial charge is 0.486 e. The molecule has 0 radical (unpaired) electrons. The summed E-state index contributed by atoms with van der Waals surface area (Å²) in [7, 11) is -3.79. The van der Waals surface area contributed by atoms with Crippen LogP contribution >= 0.6 is 22.9 Å². The van der Waals surface area contributed by atoms with Gasteiger partial charge in [-0.1, -0.05) is 23.7 Å². The smallest absolute Gasteiger partial charge is 0.274 e. The summed E-state index contributed by atoms with van der Waals surface area (Å²) in [6.45, 7) is 3.86. The monoisotopic (exact) mass is 425 g/mol. The number of hydrogen-bond donors (Lipinski definition) is 0. The molecule has 3 heterocycles. The molecule has 0 amide bonds. The molecule has 0 aliphatic carbocycles. The van der Waals surface area contributed by atoms with Gasteiger partial charge in [-0.15, -0.1) is 11.3 Å². The minimum atomic E-state index is -3.79. The number of ether oxygens (including phenoxy) is 1. The predicted molar refractivity (Wildman–Crippen MR) is 103 cm³/mol. The zero-order valence-corrected chi connectivity index (χ0v) is 16.9. The Balaban J connectivity index is 1.76. The van der Waals surface area contributed by atoms with Crippen LogP contribution in [0.5, 0.6) is 5.75 Å². The highest BCUT2D eigenvalue weighted by atomic mass is 35.5. The molecule has 1 aliphatic rings. The van der Waals surface area contributed by atoms with Crippen molar-refractivity contribution < 1.29 is 17.7 Å². The Morgan fingerprint density at radius 3 is 2.89 bits per heavy atom. The van der Waals surface area contributed by atoms with Gasteiger partial charge in [-0.05, 0) is 30.7 Å². The molecule has 4 rings (SSSR count). The third-order valence-electron chi connectivity index (χ3n) is 4.21. The number of sulfonamides is 1. The van der Waals surface area contributed by atoms with Crippen LogP contribution in [-0.4, -0.2) is 31.2 Å². The van der Waals surface area contributed by atoms with Crippen molar-refractivity contribution in [3.05, 3.63) is 40.6 Å². The number of thiophene rings is 1. The molecular formula is C17H16ClN3O4S2. The molecule has 0 N–H and O–H groups in total. The molecule has 0 spiro atoms. The van der Waals surface area contributed by atoms with Crippen molar-refractivity contribution in [2.75, 3.05) is 10.8 Å². The topological polar surface area (TPSA) is 85.5 Å². The zero-order chi connectivity index (χ0) is 19.2. The highest BCUT2D eigenvalue weighted by Crippen LogP contribution is 2.40. The number of hydrogen-bond acceptors (Lipinski definition) is 7. The van der Waals surface area contributed by atoms with Crippen LogP contribution < -0.4 is 9.04 Å². The van der Waals surface area contributed by atoms with Gasteiger partial charge in [-0.2, -0.15) is 4.98 Å². The third kappa shape index (κ3) is 3.30. The molecule has 1 atom stereocenters. The van der Waals surface area contributed by atoms with Crippen LogP contribution in [0.25, 0.3) is 11.4 Å². The zero-order valence-electron chi connectivity index (χ0n) is 14.5. The Labute approximate surface area is 165 Å². The van der Waals surface area contributed by atoms with E-state index in [0.29, 0.717) is 40.2 Å². The number of halogens is 1. The molecule has 0 fully saturated rings. The summed E-state index contributed by atoms with van der Waals surface area (Å²) in [5.41, 5.74) is 1.04. The second kappa shape index (κ2) is 6.81. The van der Waals surface area contributed by atoms with E-state index in [1.165, 1.54) is 4.31 Å². The Morgan fingerprint density at radius 1 is 1.37 bits per heavy atom. The fraction of sp³-hybridized carbons (Fsp3) is 0.294. The van der Waals surface area contributed by atoms with E-state index < -0.39 is 10.0 Å². The van der Waals surface area contributed by atoms with Crippen LogP contribution in [-0.2, 0) is 10.0 Å². The number of benzene rings is 1. The maximum Gasteiger partial charge on any atom is 0.274 e. The second-order valence-corrected chi connectivity index (χ2v) is 9.52. The van der Waals surface area contributed by atoms with E-state index in [-0.39, 0.29) is 16.9 Å². The molecule has 10 heteroatoms. The molecule has 1 aromatic carbocycles. The SMILES string of the molecule is CCC1CN(S(=O)(=O)c2cc(-c3noc(C)n3)cs2)c2cc(Cl)ccc2O1. The van der Waals surface area contributed by atoms with Crippen LogP contribution in [0.15, 0.2) is 38.4 Å². The van der Waals surface area contributed by atoms with Gasteiger partial charge in [0.2, 0.25) is 11.7 Å². The molecular weight excluding hydrogens is 410 g/mol. The standard InChI is InChI=1S/C17H16ClN3O4S2/c1-3-13-8-21(14-7-12(18)4-5-15(14)24-13)27(22,23)16-6-11(9-26-16)17-19-10(2)25-20-17/h4-7,9,13H,3,8H2,1-2H3. The lowest BCUT2D eigenvalue weighted by Gasteiger charge is -2.34. The number of aromatic nitrogens is 2. The first-order valence-electron chi connectivity index (χ1n) is 8.26. The molecule has 27 heavy (non-hydrogen) atoms. The lowest BCUT2D eigenvalue weighted by Crippen LogP contribution is -2.43. The average Bonchev–Trinajstić information content (AvgIpc) is 3.30. The van der Waals surface area contributed by atoms with E-state index in [2.05, 4.69) is 10.1 Å². The highest BCUT2D eigenvalue weighted by molar-refractivity contribution is 7.94. The summed E-state index contributed by atoms with van der Waals surface area (Å²) in [4.78, 5) is 4.14. The van der Waals surface area contributed by atoms with Crippen molar-refractivity contribution in [3.63, 3.8) is 0 Å². The highest BCUT2D eigenvalue weighted by Gasteiger charge is 2.35. The summed E-state index contributed by atoms with van der Waals surface area (Å²) in [6.07, 6.45) is 0.457. The van der Waals surface area contributed by atoms with E-state index in [4.69, 9.17) is 20.9 Å². The van der Waals surface area contributed by atoms with Crippen LogP contribution in [0.2, 0.25) is 5.02 Å². The normalized spacial score (nSPS) is 16.9. The van der Waals surface area contributed by atoms with E-state index in [1.54, 1.807) is 36.6 Å². The molecule has 2 aromatic heterocycles. The summed E-state index contributed by atoms with van der Waals surface area (Å²) >= 11 is 7.21. The van der Waals surface area contributed by atoms with E-state index >= 15 is 0 Å². The van der Waals surface area contributed by atoms with Crippen molar-refractivity contribution in [1.82, 2.24) is 10.1 Å². The molecule has 3 aromatic rings. The van der Waals surface area contributed by atoms with Crippen molar-refractivity contribution in [3.8, 4) is 17.1 Å². The molecule has 1 aliphatic heterocycles. The first-order chi connectivity index (χ1) is 12.9. The molecule has 0 bridgehead atoms. The van der Waals surface area contributed by atoms with Gasteiger partial charge in [0.05, 0.1) is 12.2 Å². The first-order valence-corrected chi connectivity index (χ1v) is 11.0. The lowest BCUT2D eigenvalue weighted by molar-refractivity contribution is 0.196. The maximum absolute atomic E-state index is 13.3. The predicted octanol–water partition coefficient (Wildman–Crippen LogP) is 4.13. The van der Waals surface area contributed by atoms with Gasteiger partial charge in [0.25, 0.3) is 10.0 Å². The molecule has 0 saturated heterocycles. The van der Waals surface area contributed by atoms with Crippen LogP contribution in [0.3, 0.4) is 0 Å². The molecule has 0 saturated carbocycles. The van der Waals surface area contributed by atoms with Gasteiger partial charge in [0, 0.05) is 22.9 Å². The Hall–Kier alpha value is -2.10. The first kappa shape index (κ1) is 18.3. The Morgan fingerprint density at radius 2 is 2.19 bits per heavy atom. The average molecular weight is 426 g/mol. The molecule has 1 unspecified atom stereocenters. The van der Waals surface area contributed by atoms with Gasteiger partial charge in [-0.25, -0.2) is 8.42 Å². The van der Waals surface area contributed by atoms with Gasteiger partial charge < -0.3 is 9.26 Å². The Kier molecular flexibility index (Phi) is 4.61. The van der Waals surface area contributed by atoms with E-state index in [0.717, 1.165) is 11.3 Å². The minimum absolute atomic E-state index is 0.197. The lowest BCUT2D eigenvalue weighted by atomic mass is 10.2. The quantitative estimate of drug-likeness (QED) is 0.624. The number of nitrogens with zero attached hydrogens (tertiary/aromatic N) is 3. The molecule has 142 valence electrons. The summed E-state index contributed by atoms with van der Waals surface area (Å²) in [5.74, 6) is 1.29. The van der Waals surface area contributed by atoms with Gasteiger partial charge in [-0.3, -0.25) is 4.31 Å². The second-order valence-electron chi connectivity index (χ2n) is 6.09. The number of aryl methyl sites for hydroxylation is 1. The van der Waals surface area contributed by atoms with Gasteiger partial charge in [0.15, 0.2) is 0 Å². The van der Waals surface area contributed by atoms with Crippen molar-refractivity contribution in [1.29, 1.82) is 0 Å². The summed E-state index contributed by atoms with van der Waals surface area (Å²) in [6, 6.07) is 6.55. The van der Waals surface area contributed by atoms with E-state index in [1.807, 2.05) is 6.92 Å². The minimum Gasteiger partial charge on any atom is -0.486 e. The van der Waals surface area contributed by atoms with Gasteiger partial charge >= 0.3 is 0 Å². The Bertz CT molecular complexity index is 1090. The van der Waals surface area contributed by atoms with E-state index in [9.17, 15) is 8.42 Å². The fourth-order valence-electron chi connectivity index (χ4n) is 2.82. The van der Waals surface area contributed by atoms with Gasteiger partial charge in [0.1, 0.15) is 16.1 Å². The fourth-order valence-corrected chi connectivity index (χ4v) is 5.76. The van der Waals surface area contributed by atoms with Crippen molar-refractivity contribution in [2.24, 2.45) is 0 Å². The number of anilines is 1. The maximum atomic E-state index is 13.3. The van der Waals surface area contributed by atoms with Crippen LogP contribution in [0, 0.1) is 6.92 Å². The number of fused-ring (bicyclic) bond motifs is 1. The van der Waals surface area contributed by atoms with Crippen molar-refractivity contribution >= 4 is 38.6 Å². The molecule has 7 nitrogen and oxygen atoms in total. The summed E-state index contributed by atoms with van der Waals surface area (Å²) in [5, 5.41) is 5.99. The third-order valence-corrected chi connectivity index (χ3v) is 7.64. The number of rotatable bonds is 4. The van der Waals surface area contributed by atoms with Crippen LogP contribution in [0.4, 0.5) is 5.69 Å². The van der Waals surface area contributed by atoms with Crippen LogP contribution in [0.1, 0.15) is 19.2 Å².